The molecule has 5 rings (SSSR count). The molecule has 1 aliphatic heterocycles. The highest BCUT2D eigenvalue weighted by atomic mass is 15.4. The van der Waals surface area contributed by atoms with Crippen molar-refractivity contribution in [1.82, 2.24) is 19.7 Å². The molecule has 0 radical (unpaired) electrons. The smallest absolute Gasteiger partial charge is 0.183 e. The molecule has 4 aromatic rings. The molecule has 4 heteroatoms. The summed E-state index contributed by atoms with van der Waals surface area (Å²) in [5.41, 5.74) is 4.65. The van der Waals surface area contributed by atoms with E-state index in [1.165, 1.54) is 11.1 Å². The summed E-state index contributed by atoms with van der Waals surface area (Å²) in [6.07, 6.45) is 1.99. The van der Waals surface area contributed by atoms with Crippen LogP contribution in [0.1, 0.15) is 5.56 Å². The van der Waals surface area contributed by atoms with E-state index in [1.54, 1.807) is 0 Å². The van der Waals surface area contributed by atoms with Gasteiger partial charge in [-0.15, -0.1) is 0 Å². The van der Waals surface area contributed by atoms with Crippen molar-refractivity contribution in [3.63, 3.8) is 0 Å². The first-order chi connectivity index (χ1) is 10.4. The minimum atomic E-state index is 0.789. The van der Waals surface area contributed by atoms with Crippen molar-refractivity contribution in [2.45, 2.75) is 6.54 Å². The second kappa shape index (κ2) is 3.82. The molecule has 4 nitrogen and oxygen atoms in total. The lowest BCUT2D eigenvalue weighted by molar-refractivity contribution is 0.722. The molecule has 0 fully saturated rings. The molecule has 2 aromatic carbocycles. The van der Waals surface area contributed by atoms with Gasteiger partial charge in [-0.2, -0.15) is 5.10 Å². The molecule has 0 amide bonds. The first-order valence-electron chi connectivity index (χ1n) is 7.00. The van der Waals surface area contributed by atoms with Gasteiger partial charge in [0.2, 0.25) is 0 Å². The van der Waals surface area contributed by atoms with Crippen molar-refractivity contribution in [3.8, 4) is 22.8 Å². The van der Waals surface area contributed by atoms with Gasteiger partial charge in [-0.3, -0.25) is 0 Å². The summed E-state index contributed by atoms with van der Waals surface area (Å²) in [4.78, 5) is 8.04. The van der Waals surface area contributed by atoms with Crippen molar-refractivity contribution in [3.05, 3.63) is 60.3 Å². The molecular formula is C17H12N4. The lowest BCUT2D eigenvalue weighted by atomic mass is 10.1. The average Bonchev–Trinajstić information content (AvgIpc) is 3.18. The van der Waals surface area contributed by atoms with Crippen LogP contribution >= 0.6 is 0 Å². The van der Waals surface area contributed by atoms with E-state index in [0.717, 1.165) is 34.7 Å². The SMILES string of the molecule is c1ccc2c(c1)Cn1nc(-c3c[nH]c4ccccc34)nc1-2. The average molecular weight is 272 g/mol. The Balaban J connectivity index is 1.71. The fraction of sp³-hybridized carbons (Fsp3) is 0.0588. The monoisotopic (exact) mass is 272 g/mol. The normalized spacial score (nSPS) is 12.6. The molecule has 21 heavy (non-hydrogen) atoms. The Labute approximate surface area is 121 Å². The van der Waals surface area contributed by atoms with Crippen LogP contribution in [0.15, 0.2) is 54.7 Å². The highest BCUT2D eigenvalue weighted by molar-refractivity contribution is 5.93. The molecule has 2 aromatic heterocycles. The number of hydrogen-bond donors (Lipinski definition) is 1. The summed E-state index contributed by atoms with van der Waals surface area (Å²) in [7, 11) is 0. The first kappa shape index (κ1) is 10.9. The second-order valence-corrected chi connectivity index (χ2v) is 5.32. The van der Waals surface area contributed by atoms with Crippen molar-refractivity contribution in [2.75, 3.05) is 0 Å². The van der Waals surface area contributed by atoms with Crippen LogP contribution in [0.4, 0.5) is 0 Å². The predicted molar refractivity (Wildman–Crippen MR) is 81.9 cm³/mol. The fourth-order valence-corrected chi connectivity index (χ4v) is 3.06. The quantitative estimate of drug-likeness (QED) is 0.508. The van der Waals surface area contributed by atoms with E-state index in [0.29, 0.717) is 0 Å². The molecular weight excluding hydrogens is 260 g/mol. The van der Waals surface area contributed by atoms with Crippen molar-refractivity contribution in [2.24, 2.45) is 0 Å². The number of fused-ring (bicyclic) bond motifs is 4. The zero-order chi connectivity index (χ0) is 13.8. The van der Waals surface area contributed by atoms with Gasteiger partial charge in [-0.1, -0.05) is 42.5 Å². The van der Waals surface area contributed by atoms with Crippen LogP contribution in [0.5, 0.6) is 0 Å². The Morgan fingerprint density at radius 1 is 0.952 bits per heavy atom. The van der Waals surface area contributed by atoms with Crippen molar-refractivity contribution < 1.29 is 0 Å². The van der Waals surface area contributed by atoms with Gasteiger partial charge >= 0.3 is 0 Å². The molecule has 0 saturated heterocycles. The fourth-order valence-electron chi connectivity index (χ4n) is 3.06. The summed E-state index contributed by atoms with van der Waals surface area (Å²) in [5.74, 6) is 1.75. The number of nitrogens with one attached hydrogen (secondary N) is 1. The van der Waals surface area contributed by atoms with Crippen molar-refractivity contribution in [1.29, 1.82) is 0 Å². The van der Waals surface area contributed by atoms with Gasteiger partial charge < -0.3 is 4.98 Å². The third kappa shape index (κ3) is 1.44. The summed E-state index contributed by atoms with van der Waals surface area (Å²) in [6, 6.07) is 16.6. The minimum absolute atomic E-state index is 0.789. The van der Waals surface area contributed by atoms with E-state index in [4.69, 9.17) is 4.98 Å². The Morgan fingerprint density at radius 2 is 1.81 bits per heavy atom. The summed E-state index contributed by atoms with van der Waals surface area (Å²) >= 11 is 0. The zero-order valence-corrected chi connectivity index (χ0v) is 11.2. The zero-order valence-electron chi connectivity index (χ0n) is 11.2. The van der Waals surface area contributed by atoms with Crippen LogP contribution in [0.2, 0.25) is 0 Å². The summed E-state index contributed by atoms with van der Waals surface area (Å²) < 4.78 is 1.99. The summed E-state index contributed by atoms with van der Waals surface area (Å²) in [5, 5.41) is 5.85. The van der Waals surface area contributed by atoms with Gasteiger partial charge in [0.15, 0.2) is 11.6 Å². The summed E-state index contributed by atoms with van der Waals surface area (Å²) in [6.45, 7) is 0.806. The van der Waals surface area contributed by atoms with Gasteiger partial charge in [0.1, 0.15) is 0 Å². The Hall–Kier alpha value is -2.88. The molecule has 0 aliphatic carbocycles. The number of para-hydroxylation sites is 1. The Kier molecular flexibility index (Phi) is 1.98. The highest BCUT2D eigenvalue weighted by Gasteiger charge is 2.23. The van der Waals surface area contributed by atoms with E-state index in [9.17, 15) is 0 Å². The molecule has 0 unspecified atom stereocenters. The highest BCUT2D eigenvalue weighted by Crippen LogP contribution is 2.33. The Bertz CT molecular complexity index is 977. The van der Waals surface area contributed by atoms with Crippen LogP contribution in [-0.4, -0.2) is 19.7 Å². The van der Waals surface area contributed by atoms with E-state index in [-0.39, 0.29) is 0 Å². The molecule has 1 N–H and O–H groups in total. The number of benzene rings is 2. The maximum Gasteiger partial charge on any atom is 0.183 e. The van der Waals surface area contributed by atoms with E-state index in [1.807, 2.05) is 23.0 Å². The maximum absolute atomic E-state index is 4.76. The number of H-pyrrole nitrogens is 1. The predicted octanol–water partition coefficient (Wildman–Crippen LogP) is 3.46. The van der Waals surface area contributed by atoms with Crippen molar-refractivity contribution >= 4 is 10.9 Å². The van der Waals surface area contributed by atoms with Crippen LogP contribution in [0, 0.1) is 0 Å². The van der Waals surface area contributed by atoms with Crippen LogP contribution in [-0.2, 0) is 6.54 Å². The van der Waals surface area contributed by atoms with Gasteiger partial charge in [0, 0.05) is 28.2 Å². The lowest BCUT2D eigenvalue weighted by Gasteiger charge is -1.96. The largest absolute Gasteiger partial charge is 0.360 e. The lowest BCUT2D eigenvalue weighted by Crippen LogP contribution is -1.95. The van der Waals surface area contributed by atoms with Crippen LogP contribution in [0.3, 0.4) is 0 Å². The molecule has 0 bridgehead atoms. The van der Waals surface area contributed by atoms with E-state index < -0.39 is 0 Å². The number of aromatic amines is 1. The maximum atomic E-state index is 4.76. The number of hydrogen-bond acceptors (Lipinski definition) is 2. The first-order valence-corrected chi connectivity index (χ1v) is 7.00. The topological polar surface area (TPSA) is 46.5 Å². The minimum Gasteiger partial charge on any atom is -0.360 e. The van der Waals surface area contributed by atoms with Crippen LogP contribution in [0.25, 0.3) is 33.7 Å². The molecule has 3 heterocycles. The van der Waals surface area contributed by atoms with Crippen LogP contribution < -0.4 is 0 Å². The molecule has 0 atom stereocenters. The van der Waals surface area contributed by atoms with E-state index >= 15 is 0 Å². The molecule has 100 valence electrons. The van der Waals surface area contributed by atoms with Gasteiger partial charge in [-0.05, 0) is 11.6 Å². The Morgan fingerprint density at radius 3 is 2.81 bits per heavy atom. The van der Waals surface area contributed by atoms with Gasteiger partial charge in [-0.25, -0.2) is 9.67 Å². The second-order valence-electron chi connectivity index (χ2n) is 5.32. The third-order valence-corrected chi connectivity index (χ3v) is 4.08. The van der Waals surface area contributed by atoms with Gasteiger partial charge in [0.25, 0.3) is 0 Å². The molecule has 0 saturated carbocycles. The number of aromatic nitrogens is 4. The number of nitrogens with zero attached hydrogens (tertiary/aromatic N) is 3. The standard InChI is InChI=1S/C17H12N4/c1-2-6-12-11(5-1)10-21-17(12)19-16(20-21)14-9-18-15-8-4-3-7-13(14)15/h1-9,18H,10H2. The third-order valence-electron chi connectivity index (χ3n) is 4.08. The molecule has 1 aliphatic rings. The molecule has 0 spiro atoms. The number of rotatable bonds is 1. The van der Waals surface area contributed by atoms with Gasteiger partial charge in [0.05, 0.1) is 6.54 Å². The van der Waals surface area contributed by atoms with E-state index in [2.05, 4.69) is 46.5 Å².